The number of nitrogens with one attached hydrogen (secondary N) is 1. The molecule has 0 radical (unpaired) electrons. The Morgan fingerprint density at radius 1 is 0.827 bits per heavy atom. The highest BCUT2D eigenvalue weighted by atomic mass is 16.6. The first-order valence-corrected chi connectivity index (χ1v) is 22.0. The summed E-state index contributed by atoms with van der Waals surface area (Å²) in [4.78, 5) is 33.0. The van der Waals surface area contributed by atoms with E-state index in [0.717, 1.165) is 69.9 Å². The van der Waals surface area contributed by atoms with Crippen molar-refractivity contribution in [2.75, 3.05) is 52.4 Å². The van der Waals surface area contributed by atoms with Crippen molar-refractivity contribution in [1.29, 1.82) is 0 Å². The second-order valence-corrected chi connectivity index (χ2v) is 20.5. The lowest BCUT2D eigenvalue weighted by molar-refractivity contribution is -0.151. The van der Waals surface area contributed by atoms with Crippen LogP contribution in [0, 0.1) is 51.2 Å². The molecule has 2 amide bonds. The summed E-state index contributed by atoms with van der Waals surface area (Å²) in [5.41, 5.74) is 1.22. The summed E-state index contributed by atoms with van der Waals surface area (Å²) in [6, 6.07) is 0.833. The largest absolute Gasteiger partial charge is 0.446 e. The Morgan fingerprint density at radius 2 is 1.60 bits per heavy atom. The summed E-state index contributed by atoms with van der Waals surface area (Å²) < 4.78 is 19.5. The van der Waals surface area contributed by atoms with Gasteiger partial charge in [-0.1, -0.05) is 41.0 Å². The van der Waals surface area contributed by atoms with E-state index in [0.29, 0.717) is 34.6 Å². The number of rotatable bonds is 8. The minimum atomic E-state index is -0.211. The van der Waals surface area contributed by atoms with Gasteiger partial charge in [-0.15, -0.1) is 0 Å². The monoisotopic (exact) mass is 723 g/mol. The molecule has 3 aliphatic heterocycles. The minimum Gasteiger partial charge on any atom is -0.446 e. The van der Waals surface area contributed by atoms with Crippen LogP contribution in [0.5, 0.6) is 0 Å². The second-order valence-electron chi connectivity index (χ2n) is 20.5. The third-order valence-electron chi connectivity index (χ3n) is 17.9. The molecule has 9 heteroatoms. The Morgan fingerprint density at radius 3 is 2.29 bits per heavy atom. The molecule has 6 aliphatic carbocycles. The fourth-order valence-corrected chi connectivity index (χ4v) is 14.6. The number of ether oxygens (including phenoxy) is 3. The van der Waals surface area contributed by atoms with E-state index in [-0.39, 0.29) is 47.9 Å². The third-order valence-corrected chi connectivity index (χ3v) is 17.9. The summed E-state index contributed by atoms with van der Waals surface area (Å²) in [6.07, 6.45) is 17.3. The van der Waals surface area contributed by atoms with Gasteiger partial charge in [-0.3, -0.25) is 9.80 Å². The molecule has 0 bridgehead atoms. The Balaban J connectivity index is 0.801. The number of alkyl carbamates (subject to hydrolysis) is 1. The van der Waals surface area contributed by atoms with Crippen LogP contribution in [-0.4, -0.2) is 110 Å². The number of likely N-dealkylation sites (tertiary alicyclic amines) is 1. The van der Waals surface area contributed by atoms with E-state index in [2.05, 4.69) is 49.7 Å². The van der Waals surface area contributed by atoms with Gasteiger partial charge in [0.25, 0.3) is 0 Å². The zero-order valence-corrected chi connectivity index (χ0v) is 33.2. The zero-order valence-electron chi connectivity index (χ0n) is 33.2. The minimum absolute atomic E-state index is 0.00723. The molecule has 292 valence electrons. The van der Waals surface area contributed by atoms with Crippen LogP contribution in [0.1, 0.15) is 125 Å². The van der Waals surface area contributed by atoms with Gasteiger partial charge >= 0.3 is 12.2 Å². The number of carbonyl (C=O) groups excluding carboxylic acids is 2. The molecule has 9 aliphatic rings. The summed E-state index contributed by atoms with van der Waals surface area (Å²) in [5, 5.41) is 3.14. The smallest absolute Gasteiger partial charge is 0.410 e. The lowest BCUT2D eigenvalue weighted by Gasteiger charge is -2.59. The van der Waals surface area contributed by atoms with Gasteiger partial charge in [-0.25, -0.2) is 9.59 Å². The molecule has 6 saturated carbocycles. The average molecular weight is 723 g/mol. The molecule has 0 aromatic heterocycles. The van der Waals surface area contributed by atoms with Gasteiger partial charge in [0.2, 0.25) is 0 Å². The van der Waals surface area contributed by atoms with Crippen molar-refractivity contribution in [2.45, 2.75) is 155 Å². The molecule has 0 aromatic carbocycles. The molecule has 9 unspecified atom stereocenters. The van der Waals surface area contributed by atoms with Crippen molar-refractivity contribution >= 4 is 12.2 Å². The molecule has 0 aromatic rings. The number of carbonyl (C=O) groups is 2. The van der Waals surface area contributed by atoms with Crippen LogP contribution in [0.2, 0.25) is 0 Å². The van der Waals surface area contributed by atoms with Crippen molar-refractivity contribution in [3.05, 3.63) is 0 Å². The van der Waals surface area contributed by atoms with Crippen LogP contribution >= 0.6 is 0 Å². The molecule has 9 nitrogen and oxygen atoms in total. The quantitative estimate of drug-likeness (QED) is 0.281. The van der Waals surface area contributed by atoms with Gasteiger partial charge in [0, 0.05) is 63.8 Å². The van der Waals surface area contributed by atoms with Gasteiger partial charge in [-0.05, 0) is 129 Å². The van der Waals surface area contributed by atoms with E-state index < -0.39 is 0 Å². The molecule has 52 heavy (non-hydrogen) atoms. The zero-order chi connectivity index (χ0) is 36.0. The number of amides is 2. The van der Waals surface area contributed by atoms with E-state index in [9.17, 15) is 9.59 Å². The first-order chi connectivity index (χ1) is 24.9. The molecule has 9 rings (SSSR count). The third kappa shape index (κ3) is 5.68. The molecule has 3 heterocycles. The SMILES string of the molecule is CC(C)C(OC(=O)N1CCC1)C1CCC2C(CC3C4CCC5C(C)(C)[C@@H](OC(=O)NCCN6CCN(C7CCC7)CC6)CCC56C[C@@]46CCC23C)O1. The number of nitrogens with zero attached hydrogens (tertiary/aromatic N) is 3. The number of fused-ring (bicyclic) bond motifs is 4. The van der Waals surface area contributed by atoms with Crippen molar-refractivity contribution in [3.63, 3.8) is 0 Å². The second kappa shape index (κ2) is 13.3. The van der Waals surface area contributed by atoms with E-state index in [1.165, 1.54) is 83.7 Å². The summed E-state index contributed by atoms with van der Waals surface area (Å²) in [6.45, 7) is 19.6. The van der Waals surface area contributed by atoms with Crippen LogP contribution in [0.4, 0.5) is 9.59 Å². The van der Waals surface area contributed by atoms with E-state index in [1.807, 2.05) is 4.90 Å². The van der Waals surface area contributed by atoms with Crippen molar-refractivity contribution in [3.8, 4) is 0 Å². The molecular weight excluding hydrogens is 652 g/mol. The Labute approximate surface area is 314 Å². The van der Waals surface area contributed by atoms with Crippen molar-refractivity contribution in [2.24, 2.45) is 51.2 Å². The predicted molar refractivity (Wildman–Crippen MR) is 201 cm³/mol. The summed E-state index contributed by atoms with van der Waals surface area (Å²) >= 11 is 0. The van der Waals surface area contributed by atoms with Crippen molar-refractivity contribution < 1.29 is 23.8 Å². The topological polar surface area (TPSA) is 83.6 Å². The maximum absolute atomic E-state index is 13.2. The van der Waals surface area contributed by atoms with Crippen LogP contribution in [-0.2, 0) is 14.2 Å². The van der Waals surface area contributed by atoms with Gasteiger partial charge in [0.05, 0.1) is 12.2 Å². The maximum atomic E-state index is 13.2. The van der Waals surface area contributed by atoms with Crippen LogP contribution < -0.4 is 5.32 Å². The molecule has 3 saturated heterocycles. The van der Waals surface area contributed by atoms with Gasteiger partial charge in [0.15, 0.2) is 0 Å². The fraction of sp³-hybridized carbons (Fsp3) is 0.953. The van der Waals surface area contributed by atoms with Crippen LogP contribution in [0.3, 0.4) is 0 Å². The lowest BCUT2D eigenvalue weighted by atomic mass is 9.46. The molecule has 2 spiro atoms. The standard InChI is InChI=1S/C43H70N4O5/c1-28(2)37(52-39(49)47-19-7-20-47)33-12-10-31-34(50-33)26-32-30-11-13-35-40(3,4)36(14-15-43(35)27-42(30,43)17-16-41(31,32)5)51-38(48)44-18-21-45-22-24-46(25-23-45)29-8-6-9-29/h28-37H,6-27H2,1-5H3,(H,44,48)/t30?,31?,32?,33?,34?,35?,36-,37?,41?,42-,43?/m0/s1. The highest BCUT2D eigenvalue weighted by molar-refractivity contribution is 5.68. The maximum Gasteiger partial charge on any atom is 0.410 e. The Kier molecular flexibility index (Phi) is 9.21. The Hall–Kier alpha value is -1.58. The summed E-state index contributed by atoms with van der Waals surface area (Å²) in [5.74, 6) is 2.99. The van der Waals surface area contributed by atoms with Gasteiger partial charge < -0.3 is 24.4 Å². The first kappa shape index (κ1) is 36.1. The molecule has 9 fully saturated rings. The fourth-order valence-electron chi connectivity index (χ4n) is 14.6. The number of hydrogen-bond donors (Lipinski definition) is 1. The van der Waals surface area contributed by atoms with Crippen molar-refractivity contribution in [1.82, 2.24) is 20.0 Å². The average Bonchev–Trinajstić information content (AvgIpc) is 3.63. The van der Waals surface area contributed by atoms with E-state index in [1.54, 1.807) is 0 Å². The van der Waals surface area contributed by atoms with Crippen LogP contribution in [0.15, 0.2) is 0 Å². The Bertz CT molecular complexity index is 1360. The molecule has 1 N–H and O–H groups in total. The van der Waals surface area contributed by atoms with Gasteiger partial charge in [-0.2, -0.15) is 0 Å². The highest BCUT2D eigenvalue weighted by Gasteiger charge is 2.81. The summed E-state index contributed by atoms with van der Waals surface area (Å²) in [7, 11) is 0. The van der Waals surface area contributed by atoms with Crippen LogP contribution in [0.25, 0.3) is 0 Å². The first-order valence-electron chi connectivity index (χ1n) is 22.0. The number of hydrogen-bond acceptors (Lipinski definition) is 7. The van der Waals surface area contributed by atoms with E-state index in [4.69, 9.17) is 14.2 Å². The number of piperazine rings is 1. The predicted octanol–water partition coefficient (Wildman–Crippen LogP) is 7.32. The normalized spacial score (nSPS) is 44.5. The highest BCUT2D eigenvalue weighted by Crippen LogP contribution is 2.87. The van der Waals surface area contributed by atoms with Gasteiger partial charge in [0.1, 0.15) is 12.2 Å². The molecule has 11 atom stereocenters. The molecular formula is C43H70N4O5. The lowest BCUT2D eigenvalue weighted by Crippen LogP contribution is -2.55. The van der Waals surface area contributed by atoms with E-state index >= 15 is 0 Å².